The molecule has 0 aromatic heterocycles. The van der Waals surface area contributed by atoms with E-state index in [-0.39, 0.29) is 6.10 Å². The van der Waals surface area contributed by atoms with Crippen molar-refractivity contribution in [3.05, 3.63) is 35.9 Å². The Kier molecular flexibility index (Phi) is 5.62. The van der Waals surface area contributed by atoms with Crippen molar-refractivity contribution in [3.8, 4) is 0 Å². The van der Waals surface area contributed by atoms with Gasteiger partial charge in [-0.25, -0.2) is 0 Å². The Morgan fingerprint density at radius 1 is 1.20 bits per heavy atom. The van der Waals surface area contributed by atoms with Crippen molar-refractivity contribution in [2.75, 3.05) is 13.1 Å². The molecule has 1 aromatic carbocycles. The molecule has 1 aromatic rings. The number of hydrogen-bond donors (Lipinski definition) is 1. The predicted molar refractivity (Wildman–Crippen MR) is 84.8 cm³/mol. The third kappa shape index (κ3) is 4.60. The molecule has 0 amide bonds. The van der Waals surface area contributed by atoms with Gasteiger partial charge in [0.1, 0.15) is 0 Å². The fourth-order valence-corrected chi connectivity index (χ4v) is 2.93. The number of benzene rings is 1. The standard InChI is InChI=1S/C18H29NO/c1-4-19-14-17(15-8-6-5-7-9-15)20-16-10-12-18(2,3)13-11-16/h5-9,16-17,19H,4,10-14H2,1-3H3. The maximum absolute atomic E-state index is 6.41. The van der Waals surface area contributed by atoms with Crippen LogP contribution in [0.3, 0.4) is 0 Å². The Bertz CT molecular complexity index is 378. The number of rotatable bonds is 6. The summed E-state index contributed by atoms with van der Waals surface area (Å²) in [5.41, 5.74) is 1.79. The molecule has 0 saturated heterocycles. The van der Waals surface area contributed by atoms with Gasteiger partial charge in [-0.3, -0.25) is 0 Å². The molecule has 0 spiro atoms. The highest BCUT2D eigenvalue weighted by Crippen LogP contribution is 2.37. The van der Waals surface area contributed by atoms with Gasteiger partial charge in [0.15, 0.2) is 0 Å². The van der Waals surface area contributed by atoms with Crippen molar-refractivity contribution < 1.29 is 4.74 Å². The highest BCUT2D eigenvalue weighted by molar-refractivity contribution is 5.18. The minimum atomic E-state index is 0.183. The van der Waals surface area contributed by atoms with Crippen LogP contribution in [0.15, 0.2) is 30.3 Å². The van der Waals surface area contributed by atoms with Crippen LogP contribution >= 0.6 is 0 Å². The van der Waals surface area contributed by atoms with E-state index < -0.39 is 0 Å². The van der Waals surface area contributed by atoms with E-state index >= 15 is 0 Å². The average molecular weight is 275 g/mol. The van der Waals surface area contributed by atoms with Gasteiger partial charge in [-0.15, -0.1) is 0 Å². The summed E-state index contributed by atoms with van der Waals surface area (Å²) in [4.78, 5) is 0. The van der Waals surface area contributed by atoms with Gasteiger partial charge in [-0.2, -0.15) is 0 Å². The number of nitrogens with one attached hydrogen (secondary N) is 1. The van der Waals surface area contributed by atoms with Crippen molar-refractivity contribution >= 4 is 0 Å². The van der Waals surface area contributed by atoms with Crippen molar-refractivity contribution in [1.82, 2.24) is 5.32 Å². The van der Waals surface area contributed by atoms with E-state index in [1.54, 1.807) is 0 Å². The molecular weight excluding hydrogens is 246 g/mol. The Labute approximate surface area is 123 Å². The number of likely N-dealkylation sites (N-methyl/N-ethyl adjacent to an activating group) is 1. The van der Waals surface area contributed by atoms with E-state index in [0.29, 0.717) is 11.5 Å². The van der Waals surface area contributed by atoms with Crippen LogP contribution in [0.4, 0.5) is 0 Å². The van der Waals surface area contributed by atoms with Crippen molar-refractivity contribution in [1.29, 1.82) is 0 Å². The second-order valence-electron chi connectivity index (χ2n) is 6.71. The topological polar surface area (TPSA) is 21.3 Å². The molecule has 0 aliphatic heterocycles. The molecule has 2 nitrogen and oxygen atoms in total. The van der Waals surface area contributed by atoms with E-state index in [2.05, 4.69) is 56.4 Å². The van der Waals surface area contributed by atoms with Gasteiger partial charge in [0.25, 0.3) is 0 Å². The molecule has 2 rings (SSSR count). The van der Waals surface area contributed by atoms with Gasteiger partial charge in [-0.1, -0.05) is 51.1 Å². The maximum Gasteiger partial charge on any atom is 0.0952 e. The zero-order valence-electron chi connectivity index (χ0n) is 13.2. The SMILES string of the molecule is CCNCC(OC1CCC(C)(C)CC1)c1ccccc1. The molecule has 0 radical (unpaired) electrons. The van der Waals surface area contributed by atoms with Crippen LogP contribution in [0.25, 0.3) is 0 Å². The lowest BCUT2D eigenvalue weighted by atomic mass is 9.76. The lowest BCUT2D eigenvalue weighted by molar-refractivity contribution is -0.0458. The number of hydrogen-bond acceptors (Lipinski definition) is 2. The van der Waals surface area contributed by atoms with Gasteiger partial charge >= 0.3 is 0 Å². The summed E-state index contributed by atoms with van der Waals surface area (Å²) >= 11 is 0. The van der Waals surface area contributed by atoms with Gasteiger partial charge in [0, 0.05) is 6.54 Å². The van der Waals surface area contributed by atoms with Crippen LogP contribution in [0.5, 0.6) is 0 Å². The first kappa shape index (κ1) is 15.5. The minimum absolute atomic E-state index is 0.183. The van der Waals surface area contributed by atoms with Crippen LogP contribution in [-0.4, -0.2) is 19.2 Å². The van der Waals surface area contributed by atoms with Gasteiger partial charge < -0.3 is 10.1 Å². The van der Waals surface area contributed by atoms with Crippen molar-refractivity contribution in [2.45, 2.75) is 58.7 Å². The Morgan fingerprint density at radius 3 is 2.45 bits per heavy atom. The summed E-state index contributed by atoms with van der Waals surface area (Å²) in [5, 5.41) is 3.43. The first-order valence-corrected chi connectivity index (χ1v) is 8.02. The van der Waals surface area contributed by atoms with Crippen LogP contribution < -0.4 is 5.32 Å². The molecule has 1 aliphatic carbocycles. The molecule has 20 heavy (non-hydrogen) atoms. The molecular formula is C18H29NO. The summed E-state index contributed by atoms with van der Waals surface area (Å²) in [7, 11) is 0. The lowest BCUT2D eigenvalue weighted by Gasteiger charge is -2.36. The van der Waals surface area contributed by atoms with Gasteiger partial charge in [-0.05, 0) is 43.2 Å². The van der Waals surface area contributed by atoms with E-state index in [4.69, 9.17) is 4.74 Å². The van der Waals surface area contributed by atoms with Crippen LogP contribution in [0, 0.1) is 5.41 Å². The fraction of sp³-hybridized carbons (Fsp3) is 0.667. The normalized spacial score (nSPS) is 20.8. The Hall–Kier alpha value is -0.860. The molecule has 1 saturated carbocycles. The van der Waals surface area contributed by atoms with Crippen LogP contribution in [0.1, 0.15) is 58.1 Å². The second kappa shape index (κ2) is 7.24. The number of ether oxygens (including phenoxy) is 1. The fourth-order valence-electron chi connectivity index (χ4n) is 2.93. The summed E-state index contributed by atoms with van der Waals surface area (Å²) < 4.78 is 6.41. The summed E-state index contributed by atoms with van der Waals surface area (Å²) in [6, 6.07) is 10.6. The lowest BCUT2D eigenvalue weighted by Crippen LogP contribution is -2.31. The van der Waals surface area contributed by atoms with Crippen molar-refractivity contribution in [2.24, 2.45) is 5.41 Å². The third-order valence-electron chi connectivity index (χ3n) is 4.39. The zero-order chi connectivity index (χ0) is 14.4. The molecule has 0 heterocycles. The first-order valence-electron chi connectivity index (χ1n) is 8.02. The van der Waals surface area contributed by atoms with Gasteiger partial charge in [0.05, 0.1) is 12.2 Å². The maximum atomic E-state index is 6.41. The minimum Gasteiger partial charge on any atom is -0.369 e. The van der Waals surface area contributed by atoms with E-state index in [1.807, 2.05) is 0 Å². The molecule has 0 bridgehead atoms. The molecule has 1 aliphatic rings. The molecule has 1 atom stereocenters. The van der Waals surface area contributed by atoms with E-state index in [1.165, 1.54) is 31.2 Å². The Balaban J connectivity index is 1.94. The monoisotopic (exact) mass is 275 g/mol. The van der Waals surface area contributed by atoms with Gasteiger partial charge in [0.2, 0.25) is 0 Å². The average Bonchev–Trinajstić information content (AvgIpc) is 2.46. The highest BCUT2D eigenvalue weighted by atomic mass is 16.5. The molecule has 2 heteroatoms. The second-order valence-corrected chi connectivity index (χ2v) is 6.71. The quantitative estimate of drug-likeness (QED) is 0.834. The van der Waals surface area contributed by atoms with Crippen LogP contribution in [-0.2, 0) is 4.74 Å². The first-order chi connectivity index (χ1) is 9.61. The molecule has 1 fully saturated rings. The van der Waals surface area contributed by atoms with E-state index in [9.17, 15) is 0 Å². The molecule has 1 N–H and O–H groups in total. The predicted octanol–water partition coefficient (Wildman–Crippen LogP) is 4.32. The van der Waals surface area contributed by atoms with Crippen molar-refractivity contribution in [3.63, 3.8) is 0 Å². The molecule has 112 valence electrons. The largest absolute Gasteiger partial charge is 0.369 e. The smallest absolute Gasteiger partial charge is 0.0952 e. The zero-order valence-corrected chi connectivity index (χ0v) is 13.2. The van der Waals surface area contributed by atoms with Crippen LogP contribution in [0.2, 0.25) is 0 Å². The van der Waals surface area contributed by atoms with E-state index in [0.717, 1.165) is 13.1 Å². The molecule has 1 unspecified atom stereocenters. The summed E-state index contributed by atoms with van der Waals surface area (Å²) in [6.07, 6.45) is 5.56. The Morgan fingerprint density at radius 2 is 1.85 bits per heavy atom. The third-order valence-corrected chi connectivity index (χ3v) is 4.39. The summed E-state index contributed by atoms with van der Waals surface area (Å²) in [5.74, 6) is 0. The summed E-state index contributed by atoms with van der Waals surface area (Å²) in [6.45, 7) is 8.78. The highest BCUT2D eigenvalue weighted by Gasteiger charge is 2.29.